The van der Waals surface area contributed by atoms with Gasteiger partial charge in [-0.1, -0.05) is 17.7 Å². The molecule has 1 aliphatic rings. The van der Waals surface area contributed by atoms with Gasteiger partial charge in [0, 0.05) is 0 Å². The lowest BCUT2D eigenvalue weighted by molar-refractivity contribution is 0.0578. The van der Waals surface area contributed by atoms with Crippen LogP contribution in [0.5, 0.6) is 5.75 Å². The smallest absolute Gasteiger partial charge is 0.115 e. The van der Waals surface area contributed by atoms with Crippen molar-refractivity contribution in [2.75, 3.05) is 6.61 Å². The molecule has 1 unspecified atom stereocenters. The van der Waals surface area contributed by atoms with Crippen molar-refractivity contribution < 1.29 is 9.84 Å². The van der Waals surface area contributed by atoms with Crippen molar-refractivity contribution in [1.29, 1.82) is 0 Å². The molecule has 0 aliphatic carbocycles. The fourth-order valence-electron chi connectivity index (χ4n) is 1.76. The molecule has 1 N–H and O–H groups in total. The molecule has 80 valence electrons. The lowest BCUT2D eigenvalue weighted by Crippen LogP contribution is -2.13. The number of ether oxygens (including phenoxy) is 1. The molecule has 0 saturated carbocycles. The average Bonchev–Trinajstić information content (AvgIpc) is 2.23. The van der Waals surface area contributed by atoms with Crippen LogP contribution in [-0.2, 0) is 4.74 Å². The van der Waals surface area contributed by atoms with E-state index >= 15 is 0 Å². The van der Waals surface area contributed by atoms with Gasteiger partial charge in [0.2, 0.25) is 0 Å². The third kappa shape index (κ3) is 2.21. The molecular formula is C13H16O2. The van der Waals surface area contributed by atoms with E-state index < -0.39 is 0 Å². The third-order valence-corrected chi connectivity index (χ3v) is 2.99. The van der Waals surface area contributed by atoms with E-state index in [0.29, 0.717) is 5.75 Å². The molecule has 2 heteroatoms. The van der Waals surface area contributed by atoms with Gasteiger partial charge in [-0.3, -0.25) is 0 Å². The molecular weight excluding hydrogens is 188 g/mol. The number of aromatic hydroxyl groups is 1. The van der Waals surface area contributed by atoms with Crippen molar-refractivity contribution in [3.05, 3.63) is 41.0 Å². The van der Waals surface area contributed by atoms with Gasteiger partial charge in [0.05, 0.1) is 12.7 Å². The van der Waals surface area contributed by atoms with Gasteiger partial charge in [-0.05, 0) is 43.5 Å². The van der Waals surface area contributed by atoms with Gasteiger partial charge in [-0.25, -0.2) is 0 Å². The normalized spacial score (nSPS) is 21.9. The average molecular weight is 204 g/mol. The maximum atomic E-state index is 9.20. The summed E-state index contributed by atoms with van der Waals surface area (Å²) in [5.41, 5.74) is 3.89. The topological polar surface area (TPSA) is 29.5 Å². The molecule has 0 spiro atoms. The quantitative estimate of drug-likeness (QED) is 0.712. The summed E-state index contributed by atoms with van der Waals surface area (Å²) in [4.78, 5) is 0. The summed E-state index contributed by atoms with van der Waals surface area (Å²) < 4.78 is 5.75. The first kappa shape index (κ1) is 10.2. The van der Waals surface area contributed by atoms with Crippen molar-refractivity contribution in [3.63, 3.8) is 0 Å². The zero-order valence-electron chi connectivity index (χ0n) is 9.16. The molecule has 1 aromatic rings. The van der Waals surface area contributed by atoms with E-state index in [4.69, 9.17) is 4.74 Å². The van der Waals surface area contributed by atoms with Crippen LogP contribution in [0.2, 0.25) is 0 Å². The molecule has 0 saturated heterocycles. The second kappa shape index (κ2) is 4.07. The van der Waals surface area contributed by atoms with Crippen LogP contribution in [0.1, 0.15) is 31.9 Å². The molecule has 0 aromatic heterocycles. The predicted molar refractivity (Wildman–Crippen MR) is 59.8 cm³/mol. The molecule has 1 aliphatic heterocycles. The molecule has 0 fully saturated rings. The zero-order chi connectivity index (χ0) is 10.8. The van der Waals surface area contributed by atoms with Gasteiger partial charge in [0.15, 0.2) is 0 Å². The number of rotatable bonds is 1. The molecule has 0 bridgehead atoms. The summed E-state index contributed by atoms with van der Waals surface area (Å²) in [6.07, 6.45) is 1.10. The largest absolute Gasteiger partial charge is 0.508 e. The number of phenolic OH excluding ortho intramolecular Hbond substituents is 1. The summed E-state index contributed by atoms with van der Waals surface area (Å²) in [6.45, 7) is 4.99. The Labute approximate surface area is 90.2 Å². The summed E-state index contributed by atoms with van der Waals surface area (Å²) >= 11 is 0. The van der Waals surface area contributed by atoms with Crippen molar-refractivity contribution in [1.82, 2.24) is 0 Å². The Hall–Kier alpha value is -1.28. The van der Waals surface area contributed by atoms with Crippen LogP contribution in [0.15, 0.2) is 35.4 Å². The standard InChI is InChI=1S/C13H16O2/c1-9-7-13(15-8-10(9)2)11-3-5-12(14)6-4-11/h3-6,13-14H,7-8H2,1-2H3. The minimum atomic E-state index is 0.147. The Morgan fingerprint density at radius 3 is 2.40 bits per heavy atom. The van der Waals surface area contributed by atoms with Gasteiger partial charge in [-0.2, -0.15) is 0 Å². The third-order valence-electron chi connectivity index (χ3n) is 2.99. The van der Waals surface area contributed by atoms with Crippen molar-refractivity contribution in [2.24, 2.45) is 0 Å². The van der Waals surface area contributed by atoms with E-state index in [1.54, 1.807) is 12.1 Å². The van der Waals surface area contributed by atoms with E-state index in [1.807, 2.05) is 12.1 Å². The van der Waals surface area contributed by atoms with Gasteiger partial charge in [0.1, 0.15) is 5.75 Å². The SMILES string of the molecule is CC1=C(C)CC(c2ccc(O)cc2)OC1. The minimum absolute atomic E-state index is 0.147. The van der Waals surface area contributed by atoms with Gasteiger partial charge >= 0.3 is 0 Å². The second-order valence-electron chi connectivity index (χ2n) is 4.16. The number of hydrogen-bond acceptors (Lipinski definition) is 2. The van der Waals surface area contributed by atoms with E-state index in [0.717, 1.165) is 18.6 Å². The molecule has 15 heavy (non-hydrogen) atoms. The van der Waals surface area contributed by atoms with Crippen LogP contribution >= 0.6 is 0 Å². The molecule has 2 nitrogen and oxygen atoms in total. The maximum Gasteiger partial charge on any atom is 0.115 e. The van der Waals surface area contributed by atoms with Gasteiger partial charge in [-0.15, -0.1) is 0 Å². The summed E-state index contributed by atoms with van der Waals surface area (Å²) in [6, 6.07) is 7.26. The van der Waals surface area contributed by atoms with E-state index in [2.05, 4.69) is 13.8 Å². The summed E-state index contributed by atoms with van der Waals surface area (Å²) in [7, 11) is 0. The van der Waals surface area contributed by atoms with Crippen molar-refractivity contribution >= 4 is 0 Å². The Morgan fingerprint density at radius 1 is 1.13 bits per heavy atom. The van der Waals surface area contributed by atoms with Crippen LogP contribution in [0, 0.1) is 0 Å². The van der Waals surface area contributed by atoms with Crippen LogP contribution in [-0.4, -0.2) is 11.7 Å². The van der Waals surface area contributed by atoms with Crippen LogP contribution < -0.4 is 0 Å². The van der Waals surface area contributed by atoms with E-state index in [9.17, 15) is 5.11 Å². The predicted octanol–water partition coefficient (Wildman–Crippen LogP) is 3.19. The molecule has 1 heterocycles. The number of benzene rings is 1. The second-order valence-corrected chi connectivity index (χ2v) is 4.16. The van der Waals surface area contributed by atoms with Gasteiger partial charge < -0.3 is 9.84 Å². The fraction of sp³-hybridized carbons (Fsp3) is 0.385. The number of hydrogen-bond donors (Lipinski definition) is 1. The van der Waals surface area contributed by atoms with Crippen molar-refractivity contribution in [3.8, 4) is 5.75 Å². The highest BCUT2D eigenvalue weighted by molar-refractivity contribution is 5.29. The van der Waals surface area contributed by atoms with Crippen molar-refractivity contribution in [2.45, 2.75) is 26.4 Å². The lowest BCUT2D eigenvalue weighted by Gasteiger charge is -2.25. The maximum absolute atomic E-state index is 9.20. The van der Waals surface area contributed by atoms with Crippen LogP contribution in [0.4, 0.5) is 0 Å². The monoisotopic (exact) mass is 204 g/mol. The summed E-state index contributed by atoms with van der Waals surface area (Å²) in [5, 5.41) is 9.20. The Kier molecular flexibility index (Phi) is 2.78. The summed E-state index contributed by atoms with van der Waals surface area (Å²) in [5.74, 6) is 0.304. The minimum Gasteiger partial charge on any atom is -0.508 e. The fourth-order valence-corrected chi connectivity index (χ4v) is 1.76. The molecule has 0 amide bonds. The first-order valence-corrected chi connectivity index (χ1v) is 5.22. The van der Waals surface area contributed by atoms with E-state index in [-0.39, 0.29) is 6.10 Å². The Morgan fingerprint density at radius 2 is 1.80 bits per heavy atom. The molecule has 1 atom stereocenters. The highest BCUT2D eigenvalue weighted by Gasteiger charge is 2.18. The first-order chi connectivity index (χ1) is 7.16. The lowest BCUT2D eigenvalue weighted by atomic mass is 9.97. The Balaban J connectivity index is 2.17. The van der Waals surface area contributed by atoms with Crippen LogP contribution in [0.3, 0.4) is 0 Å². The van der Waals surface area contributed by atoms with Gasteiger partial charge in [0.25, 0.3) is 0 Å². The zero-order valence-corrected chi connectivity index (χ0v) is 9.16. The Bertz CT molecular complexity index is 376. The van der Waals surface area contributed by atoms with Crippen LogP contribution in [0.25, 0.3) is 0 Å². The highest BCUT2D eigenvalue weighted by atomic mass is 16.5. The number of phenols is 1. The highest BCUT2D eigenvalue weighted by Crippen LogP contribution is 2.31. The molecule has 0 radical (unpaired) electrons. The van der Waals surface area contributed by atoms with E-state index in [1.165, 1.54) is 11.1 Å². The molecule has 1 aromatic carbocycles. The first-order valence-electron chi connectivity index (χ1n) is 5.22. The molecule has 2 rings (SSSR count).